The van der Waals surface area contributed by atoms with Crippen molar-refractivity contribution < 1.29 is 153 Å². The summed E-state index contributed by atoms with van der Waals surface area (Å²) in [5.74, 6) is -2.02. The number of phenolic OH excluding ortho intramolecular Hbond substituents is 1. The Morgan fingerprint density at radius 3 is 0.889 bits per heavy atom. The molecule has 0 aliphatic heterocycles. The van der Waals surface area contributed by atoms with Crippen LogP contribution in [-0.4, -0.2) is 34.5 Å². The molecular weight excluding hydrogens is 790 g/mol. The second-order valence-electron chi connectivity index (χ2n) is 14.3. The molecule has 0 fully saturated rings. The van der Waals surface area contributed by atoms with Gasteiger partial charge in [-0.15, -0.1) is 17.2 Å². The number of hydrogen-bond donors (Lipinski definition) is 7. The maximum atomic E-state index is 14.0. The zero-order chi connectivity index (χ0) is 37.8. The van der Waals surface area contributed by atoms with Crippen molar-refractivity contribution in [1.29, 1.82) is 0 Å². The number of benzene rings is 4. The van der Waals surface area contributed by atoms with Gasteiger partial charge in [0.2, 0.25) is 23.8 Å². The Morgan fingerprint density at radius 1 is 0.463 bits per heavy atom. The largest absolute Gasteiger partial charge is 1.00 e. The van der Waals surface area contributed by atoms with Gasteiger partial charge in [0.05, 0.1) is 0 Å². The fourth-order valence-electron chi connectivity index (χ4n) is 6.54. The molecule has 4 aromatic rings. The van der Waals surface area contributed by atoms with Crippen molar-refractivity contribution in [3.63, 3.8) is 0 Å². The molecule has 0 saturated carbocycles. The Kier molecular flexibility index (Phi) is 17.6. The van der Waals surface area contributed by atoms with Crippen molar-refractivity contribution in [2.45, 2.75) is 70.4 Å². The van der Waals surface area contributed by atoms with Gasteiger partial charge in [0.25, 0.3) is 0 Å². The molecule has 1 aliphatic carbocycles. The summed E-state index contributed by atoms with van der Waals surface area (Å²) in [5, 5.41) is 53.6. The molecule has 0 atom stereocenters. The first-order valence-corrected chi connectivity index (χ1v) is 21.2. The summed E-state index contributed by atoms with van der Waals surface area (Å²) in [6.45, 7) is 5.76. The third-order valence-electron chi connectivity index (χ3n) is 8.73. The molecule has 274 valence electrons. The monoisotopic (exact) mass is 828 g/mol. The number of phenols is 1. The van der Waals surface area contributed by atoms with Gasteiger partial charge in [0.1, 0.15) is 24.2 Å². The fraction of sp³-hybridized carbons (Fsp3) is 0.314. The van der Waals surface area contributed by atoms with Gasteiger partial charge in [-0.3, -0.25) is 0 Å². The van der Waals surface area contributed by atoms with E-state index in [1.807, 2.05) is 20.8 Å². The van der Waals surface area contributed by atoms with Crippen LogP contribution in [0, 0.1) is 0 Å². The van der Waals surface area contributed by atoms with E-state index in [-0.39, 0.29) is 168 Å². The van der Waals surface area contributed by atoms with Crippen LogP contribution >= 0.6 is 23.8 Å². The van der Waals surface area contributed by atoms with E-state index in [1.54, 1.807) is 12.1 Å². The normalized spacial score (nSPS) is 13.3. The molecule has 0 radical (unpaired) electrons. The summed E-state index contributed by atoms with van der Waals surface area (Å²) < 4.78 is 0. The van der Waals surface area contributed by atoms with Crippen LogP contribution in [0.15, 0.2) is 48.5 Å². The molecule has 0 aromatic heterocycles. The van der Waals surface area contributed by atoms with E-state index in [2.05, 4.69) is 0 Å². The minimum absolute atomic E-state index is 0. The first-order valence-electron chi connectivity index (χ1n) is 15.8. The van der Waals surface area contributed by atoms with Crippen molar-refractivity contribution in [2.75, 3.05) is 0 Å². The molecule has 0 spiro atoms. The molecule has 5 rings (SSSR count). The van der Waals surface area contributed by atoms with Crippen molar-refractivity contribution >= 4 is 23.8 Å². The van der Waals surface area contributed by atoms with E-state index < -0.39 is 77.8 Å². The topological polar surface area (TPSA) is 280 Å². The van der Waals surface area contributed by atoms with E-state index in [0.29, 0.717) is 0 Å². The van der Waals surface area contributed by atoms with Gasteiger partial charge in [0, 0.05) is 12.8 Å². The smallest absolute Gasteiger partial charge is 0.872 e. The predicted octanol–water partition coefficient (Wildman–Crippen LogP) is -8.58. The molecule has 7 N–H and O–H groups in total. The number of hydrogen-bond acceptors (Lipinski definition) is 13. The van der Waals surface area contributed by atoms with Crippen LogP contribution in [0.2, 0.25) is 0 Å². The van der Waals surface area contributed by atoms with Crippen molar-refractivity contribution in [2.24, 2.45) is 0 Å². The van der Waals surface area contributed by atoms with E-state index in [0.717, 1.165) is 5.56 Å². The van der Waals surface area contributed by atoms with Gasteiger partial charge in [-0.1, -0.05) is 103 Å². The molecule has 13 nitrogen and oxygen atoms in total. The van der Waals surface area contributed by atoms with Crippen LogP contribution in [0.5, 0.6) is 23.0 Å². The van der Waals surface area contributed by atoms with Crippen LogP contribution in [-0.2, 0) is 49.6 Å². The van der Waals surface area contributed by atoms with E-state index in [9.17, 15) is 64.5 Å². The Balaban J connectivity index is 0.00000336. The summed E-state index contributed by atoms with van der Waals surface area (Å²) in [6.07, 6.45) is -3.42. The average Bonchev–Trinajstić information content (AvgIpc) is 2.94. The van der Waals surface area contributed by atoms with Crippen molar-refractivity contribution in [1.82, 2.24) is 0 Å². The van der Waals surface area contributed by atoms with Gasteiger partial charge in [-0.25, -0.2) is 29.4 Å². The number of aromatic hydroxyl groups is 1. The zero-order valence-electron chi connectivity index (χ0n) is 31.0. The van der Waals surface area contributed by atoms with Crippen LogP contribution in [0.4, 0.5) is 0 Å². The molecule has 8 bridgehead atoms. The second-order valence-corrected chi connectivity index (χ2v) is 19.2. The second kappa shape index (κ2) is 18.9. The minimum atomic E-state index is -4.68. The van der Waals surface area contributed by atoms with Gasteiger partial charge >= 0.3 is 88.7 Å². The molecular formula is C35H38Na3O13P3. The standard InChI is InChI=1S/C35H41O13P3.3Na/c1-35(2,3)30-14-28-12-26-8-20(17-50(43,44)45)6-24(32(26)37)10-22-4-19(16-49(40,41)42)5-23(31(22)36)11-25-7-21(18-51(46,47)48)9-27(33(25)38)13-29(15-30)34(28)39;;;/h4-9,14-15,36-39H,10-13,16-18H2,1-3H3,(H2,40,41,42)(H2,43,44,45)(H2,46,47,48);;;/q;3*+1/p-3. The predicted molar refractivity (Wildman–Crippen MR) is 181 cm³/mol. The maximum absolute atomic E-state index is 14.0. The van der Waals surface area contributed by atoms with Crippen LogP contribution in [0.1, 0.15) is 87.5 Å². The first-order chi connectivity index (χ1) is 23.3. The fourth-order valence-corrected chi connectivity index (χ4v) is 8.51. The molecule has 0 unspecified atom stereocenters. The van der Waals surface area contributed by atoms with Crippen LogP contribution < -0.4 is 119 Å². The van der Waals surface area contributed by atoms with Gasteiger partial charge in [-0.2, -0.15) is 0 Å². The summed E-state index contributed by atoms with van der Waals surface area (Å²) in [6, 6.07) is 11.1. The third-order valence-corrected chi connectivity index (χ3v) is 11.1. The Hall–Kier alpha value is 0.0100. The van der Waals surface area contributed by atoms with Gasteiger partial charge in [0.15, 0.2) is 0 Å². The molecule has 1 aliphatic rings. The third kappa shape index (κ3) is 13.3. The SMILES string of the molecule is CC(C)(C)c1cc2c(O)c(c1)Cc1cc(C[P+]([O-])(O)O)cc(c1[O-])Cc1cc(C[P+]([O-])(O)O)cc(c1[O-])Cc1cc(C[P+]([O-])(O)O)cc(c1[O-])C2.[Na+].[Na+].[Na+]. The molecule has 54 heavy (non-hydrogen) atoms. The summed E-state index contributed by atoms with van der Waals surface area (Å²) in [4.78, 5) is 94.9. The van der Waals surface area contributed by atoms with E-state index >= 15 is 0 Å². The molecule has 0 amide bonds. The van der Waals surface area contributed by atoms with E-state index in [4.69, 9.17) is 0 Å². The average molecular weight is 829 g/mol. The summed E-state index contributed by atoms with van der Waals surface area (Å²) in [7, 11) is -14.0. The molecule has 0 heterocycles. The zero-order valence-corrected chi connectivity index (χ0v) is 39.7. The van der Waals surface area contributed by atoms with Crippen LogP contribution in [0.3, 0.4) is 0 Å². The van der Waals surface area contributed by atoms with Gasteiger partial charge in [-0.05, 0) is 51.6 Å². The van der Waals surface area contributed by atoms with Crippen molar-refractivity contribution in [3.8, 4) is 23.0 Å². The molecule has 19 heteroatoms. The van der Waals surface area contributed by atoms with Crippen molar-refractivity contribution in [3.05, 3.63) is 115 Å². The number of fused-ring (bicyclic) bond motifs is 8. The van der Waals surface area contributed by atoms with Crippen LogP contribution in [0.25, 0.3) is 0 Å². The summed E-state index contributed by atoms with van der Waals surface area (Å²) in [5.41, 5.74) is 0.944. The Bertz CT molecular complexity index is 1870. The summed E-state index contributed by atoms with van der Waals surface area (Å²) >= 11 is 0. The maximum Gasteiger partial charge on any atom is 1.00 e. The molecule has 4 aromatic carbocycles. The first kappa shape index (κ1) is 50.2. The van der Waals surface area contributed by atoms with E-state index in [1.165, 1.54) is 36.4 Å². The quantitative estimate of drug-likeness (QED) is 0.0620. The number of rotatable bonds is 6. The Labute approximate surface area is 381 Å². The molecule has 0 saturated heterocycles. The Morgan fingerprint density at radius 2 is 0.685 bits per heavy atom. The van der Waals surface area contributed by atoms with Gasteiger partial charge < -0.3 is 35.1 Å². The minimum Gasteiger partial charge on any atom is -0.872 e.